The zero-order chi connectivity index (χ0) is 10.8. The van der Waals surface area contributed by atoms with E-state index in [1.165, 1.54) is 11.3 Å². The van der Waals surface area contributed by atoms with Gasteiger partial charge in [-0.1, -0.05) is 0 Å². The van der Waals surface area contributed by atoms with Gasteiger partial charge >= 0.3 is 0 Å². The van der Waals surface area contributed by atoms with Crippen LogP contribution in [-0.2, 0) is 19.1 Å². The van der Waals surface area contributed by atoms with Crippen molar-refractivity contribution in [3.05, 3.63) is 22.4 Å². The van der Waals surface area contributed by atoms with E-state index in [0.717, 1.165) is 6.26 Å². The number of primary amides is 1. The van der Waals surface area contributed by atoms with Crippen LogP contribution in [-0.4, -0.2) is 20.6 Å². The Morgan fingerprint density at radius 3 is 2.64 bits per heavy atom. The summed E-state index contributed by atoms with van der Waals surface area (Å²) in [7, 11) is -3.69. The highest BCUT2D eigenvalue weighted by Crippen LogP contribution is 2.21. The fourth-order valence-corrected chi connectivity index (χ4v) is 2.10. The van der Waals surface area contributed by atoms with Crippen LogP contribution in [0.2, 0.25) is 0 Å². The van der Waals surface area contributed by atoms with E-state index in [2.05, 4.69) is 4.18 Å². The molecule has 1 aromatic heterocycles. The monoisotopic (exact) mass is 235 g/mol. The van der Waals surface area contributed by atoms with Crippen molar-refractivity contribution in [1.82, 2.24) is 0 Å². The Kier molecular flexibility index (Phi) is 3.25. The maximum Gasteiger partial charge on any atom is 0.265 e. The quantitative estimate of drug-likeness (QED) is 0.758. The van der Waals surface area contributed by atoms with Crippen molar-refractivity contribution >= 4 is 27.4 Å². The summed E-state index contributed by atoms with van der Waals surface area (Å²) in [6.45, 7) is 0. The van der Waals surface area contributed by atoms with Gasteiger partial charge < -0.3 is 5.73 Å². The van der Waals surface area contributed by atoms with Crippen LogP contribution < -0.4 is 5.73 Å². The number of rotatable bonds is 4. The van der Waals surface area contributed by atoms with Gasteiger partial charge in [0, 0.05) is 5.56 Å². The van der Waals surface area contributed by atoms with Crippen LogP contribution in [0.4, 0.5) is 0 Å². The molecule has 0 saturated heterocycles. The van der Waals surface area contributed by atoms with Crippen molar-refractivity contribution in [3.63, 3.8) is 0 Å². The predicted molar refractivity (Wildman–Crippen MR) is 52.2 cm³/mol. The second kappa shape index (κ2) is 4.07. The van der Waals surface area contributed by atoms with Crippen LogP contribution in [0, 0.1) is 0 Å². The highest BCUT2D eigenvalue weighted by molar-refractivity contribution is 7.86. The molecule has 78 valence electrons. The first-order chi connectivity index (χ1) is 6.40. The fourth-order valence-electron chi connectivity index (χ4n) is 0.866. The molecule has 14 heavy (non-hydrogen) atoms. The van der Waals surface area contributed by atoms with Crippen molar-refractivity contribution in [2.75, 3.05) is 6.26 Å². The zero-order valence-electron chi connectivity index (χ0n) is 7.34. The van der Waals surface area contributed by atoms with Gasteiger partial charge in [-0.2, -0.15) is 19.8 Å². The second-order valence-corrected chi connectivity index (χ2v) is 5.02. The molecule has 1 aromatic rings. The van der Waals surface area contributed by atoms with Crippen molar-refractivity contribution in [2.45, 2.75) is 6.10 Å². The molecule has 1 atom stereocenters. The lowest BCUT2D eigenvalue weighted by Gasteiger charge is -2.10. The first-order valence-corrected chi connectivity index (χ1v) is 6.36. The maximum absolute atomic E-state index is 10.9. The third-order valence-electron chi connectivity index (χ3n) is 1.38. The second-order valence-electron chi connectivity index (χ2n) is 2.64. The molecule has 0 spiro atoms. The molecule has 0 radical (unpaired) electrons. The van der Waals surface area contributed by atoms with Gasteiger partial charge in [0.2, 0.25) is 0 Å². The van der Waals surface area contributed by atoms with Gasteiger partial charge in [-0.3, -0.25) is 8.98 Å². The normalized spacial score (nSPS) is 13.8. The van der Waals surface area contributed by atoms with Crippen LogP contribution in [0.5, 0.6) is 0 Å². The zero-order valence-corrected chi connectivity index (χ0v) is 8.97. The summed E-state index contributed by atoms with van der Waals surface area (Å²) in [6, 6.07) is 1.59. The van der Waals surface area contributed by atoms with E-state index in [9.17, 15) is 13.2 Å². The van der Waals surface area contributed by atoms with Gasteiger partial charge in [0.1, 0.15) is 0 Å². The number of nitrogens with two attached hydrogens (primary N) is 1. The van der Waals surface area contributed by atoms with E-state index in [1.807, 2.05) is 0 Å². The Morgan fingerprint density at radius 2 is 2.29 bits per heavy atom. The molecule has 1 heterocycles. The van der Waals surface area contributed by atoms with E-state index in [4.69, 9.17) is 5.73 Å². The molecule has 2 N–H and O–H groups in total. The lowest BCUT2D eigenvalue weighted by atomic mass is 10.2. The standard InChI is InChI=1S/C7H9NO4S2/c1-14(10,11)12-6(7(8)9)5-2-3-13-4-5/h2-4,6H,1H3,(H2,8,9). The smallest absolute Gasteiger partial charge is 0.265 e. The van der Waals surface area contributed by atoms with Crippen LogP contribution >= 0.6 is 11.3 Å². The summed E-state index contributed by atoms with van der Waals surface area (Å²) in [6.07, 6.45) is -0.355. The lowest BCUT2D eigenvalue weighted by Crippen LogP contribution is -2.25. The molecule has 0 aliphatic carbocycles. The summed E-state index contributed by atoms with van der Waals surface area (Å²) in [5, 5.41) is 3.32. The number of carbonyl (C=O) groups excluding carboxylic acids is 1. The molecule has 0 fully saturated rings. The third kappa shape index (κ3) is 3.09. The Morgan fingerprint density at radius 1 is 1.64 bits per heavy atom. The Hall–Kier alpha value is -0.920. The van der Waals surface area contributed by atoms with Crippen LogP contribution in [0.25, 0.3) is 0 Å². The van der Waals surface area contributed by atoms with Crippen LogP contribution in [0.1, 0.15) is 11.7 Å². The predicted octanol–water partition coefficient (Wildman–Crippen LogP) is 0.251. The molecule has 0 bridgehead atoms. The SMILES string of the molecule is CS(=O)(=O)OC(C(N)=O)c1ccsc1. The fraction of sp³-hybridized carbons (Fsp3) is 0.286. The van der Waals surface area contributed by atoms with Gasteiger partial charge in [0.25, 0.3) is 16.0 Å². The highest BCUT2D eigenvalue weighted by atomic mass is 32.2. The largest absolute Gasteiger partial charge is 0.367 e. The summed E-state index contributed by atoms with van der Waals surface area (Å²) in [5.74, 6) is -0.825. The van der Waals surface area contributed by atoms with Crippen molar-refractivity contribution < 1.29 is 17.4 Å². The molecule has 1 unspecified atom stereocenters. The molecule has 0 aliphatic heterocycles. The van der Waals surface area contributed by atoms with Gasteiger partial charge in [0.05, 0.1) is 6.26 Å². The molecular formula is C7H9NO4S2. The molecule has 0 aromatic carbocycles. The van der Waals surface area contributed by atoms with Crippen LogP contribution in [0.15, 0.2) is 16.8 Å². The average Bonchev–Trinajstić information content (AvgIpc) is 2.49. The van der Waals surface area contributed by atoms with Crippen molar-refractivity contribution in [3.8, 4) is 0 Å². The van der Waals surface area contributed by atoms with E-state index in [0.29, 0.717) is 5.56 Å². The number of amides is 1. The van der Waals surface area contributed by atoms with E-state index in [-0.39, 0.29) is 0 Å². The number of carbonyl (C=O) groups is 1. The highest BCUT2D eigenvalue weighted by Gasteiger charge is 2.23. The third-order valence-corrected chi connectivity index (χ3v) is 2.62. The topological polar surface area (TPSA) is 86.5 Å². The Bertz CT molecular complexity index is 409. The molecule has 1 rings (SSSR count). The van der Waals surface area contributed by atoms with E-state index >= 15 is 0 Å². The van der Waals surface area contributed by atoms with E-state index < -0.39 is 22.1 Å². The minimum absolute atomic E-state index is 0.452. The Balaban J connectivity index is 2.93. The minimum Gasteiger partial charge on any atom is -0.367 e. The van der Waals surface area contributed by atoms with E-state index in [1.54, 1.807) is 16.8 Å². The summed E-state index contributed by atoms with van der Waals surface area (Å²) in [4.78, 5) is 10.9. The number of thiophene rings is 1. The first-order valence-electron chi connectivity index (χ1n) is 3.60. The summed E-state index contributed by atoms with van der Waals surface area (Å²) < 4.78 is 26.2. The van der Waals surface area contributed by atoms with Crippen LogP contribution in [0.3, 0.4) is 0 Å². The van der Waals surface area contributed by atoms with Gasteiger partial charge in [0.15, 0.2) is 6.10 Å². The van der Waals surface area contributed by atoms with Crippen molar-refractivity contribution in [1.29, 1.82) is 0 Å². The van der Waals surface area contributed by atoms with Gasteiger partial charge in [-0.25, -0.2) is 0 Å². The minimum atomic E-state index is -3.69. The van der Waals surface area contributed by atoms with Crippen molar-refractivity contribution in [2.24, 2.45) is 5.73 Å². The molecule has 7 heteroatoms. The van der Waals surface area contributed by atoms with Gasteiger partial charge in [-0.05, 0) is 16.8 Å². The molecule has 5 nitrogen and oxygen atoms in total. The number of hydrogen-bond donors (Lipinski definition) is 1. The first kappa shape index (κ1) is 11.2. The number of hydrogen-bond acceptors (Lipinski definition) is 5. The van der Waals surface area contributed by atoms with Gasteiger partial charge in [-0.15, -0.1) is 0 Å². The summed E-state index contributed by atoms with van der Waals surface area (Å²) >= 11 is 1.33. The maximum atomic E-state index is 10.9. The Labute approximate surface area is 85.6 Å². The molecular weight excluding hydrogens is 226 g/mol. The molecule has 0 aliphatic rings. The average molecular weight is 235 g/mol. The molecule has 1 amide bonds. The lowest BCUT2D eigenvalue weighted by molar-refractivity contribution is -0.124. The summed E-state index contributed by atoms with van der Waals surface area (Å²) in [5.41, 5.74) is 5.46. The molecule has 0 saturated carbocycles.